The Morgan fingerprint density at radius 3 is 2.71 bits per heavy atom. The molecular formula is C19H13ClN2O2. The Balaban J connectivity index is 1.94. The highest BCUT2D eigenvalue weighted by Crippen LogP contribution is 2.49. The molecule has 0 bridgehead atoms. The van der Waals surface area contributed by atoms with Crippen molar-refractivity contribution >= 4 is 39.7 Å². The first kappa shape index (κ1) is 14.0. The minimum Gasteiger partial charge on any atom is -0.377 e. The van der Waals surface area contributed by atoms with Gasteiger partial charge in [0.1, 0.15) is 11.1 Å². The second kappa shape index (κ2) is 4.35. The van der Waals surface area contributed by atoms with Crippen LogP contribution in [0.2, 0.25) is 0 Å². The third-order valence-electron chi connectivity index (χ3n) is 5.08. The molecule has 2 heterocycles. The number of halogens is 1. The van der Waals surface area contributed by atoms with Crippen LogP contribution in [0.15, 0.2) is 53.5 Å². The summed E-state index contributed by atoms with van der Waals surface area (Å²) in [5.74, 6) is -0.262. The Bertz CT molecular complexity index is 1080. The number of aromatic nitrogens is 1. The van der Waals surface area contributed by atoms with E-state index in [1.165, 1.54) is 0 Å². The maximum Gasteiger partial charge on any atom is 0.187 e. The highest BCUT2D eigenvalue weighted by molar-refractivity contribution is 6.43. The molecule has 0 amide bonds. The Morgan fingerprint density at radius 2 is 1.88 bits per heavy atom. The van der Waals surface area contributed by atoms with E-state index in [0.717, 1.165) is 10.9 Å². The number of aliphatic imine (C=N–C) groups is 1. The standard InChI is InChI=1S/C19H13ClN2O2/c1-22-13-9-5-2-6-10(13)14-15(22)18-19(24,17(20)16(14)23)11-7-3-4-8-12(11)21-18/h2-9,17,24H,1H3/t17-,19-/m1/s1. The Labute approximate surface area is 143 Å². The van der Waals surface area contributed by atoms with Gasteiger partial charge in [-0.3, -0.25) is 4.79 Å². The Hall–Kier alpha value is -2.43. The number of aliphatic hydroxyl groups is 1. The van der Waals surface area contributed by atoms with E-state index in [2.05, 4.69) is 4.99 Å². The molecule has 1 aliphatic carbocycles. The van der Waals surface area contributed by atoms with Gasteiger partial charge >= 0.3 is 0 Å². The average molecular weight is 337 g/mol. The van der Waals surface area contributed by atoms with Crippen molar-refractivity contribution in [1.29, 1.82) is 0 Å². The number of rotatable bonds is 0. The molecule has 118 valence electrons. The van der Waals surface area contributed by atoms with Crippen LogP contribution in [0.4, 0.5) is 5.69 Å². The van der Waals surface area contributed by atoms with E-state index >= 15 is 0 Å². The Kier molecular flexibility index (Phi) is 2.53. The molecule has 4 nitrogen and oxygen atoms in total. The number of ketones is 1. The van der Waals surface area contributed by atoms with Gasteiger partial charge in [-0.15, -0.1) is 11.6 Å². The topological polar surface area (TPSA) is 54.6 Å². The number of carbonyl (C=O) groups is 1. The molecule has 0 radical (unpaired) electrons. The summed E-state index contributed by atoms with van der Waals surface area (Å²) in [4.78, 5) is 17.7. The minimum absolute atomic E-state index is 0.262. The molecule has 1 aromatic heterocycles. The molecule has 1 aliphatic heterocycles. The number of carbonyl (C=O) groups excluding carboxylic acids is 1. The van der Waals surface area contributed by atoms with Crippen LogP contribution in [-0.2, 0) is 12.6 Å². The van der Waals surface area contributed by atoms with Gasteiger partial charge in [0.25, 0.3) is 0 Å². The third kappa shape index (κ3) is 1.39. The van der Waals surface area contributed by atoms with Crippen LogP contribution >= 0.6 is 11.6 Å². The zero-order valence-electron chi connectivity index (χ0n) is 12.8. The summed E-state index contributed by atoms with van der Waals surface area (Å²) >= 11 is 6.48. The molecule has 0 unspecified atom stereocenters. The molecule has 0 fully saturated rings. The maximum atomic E-state index is 13.0. The molecule has 0 saturated heterocycles. The van der Waals surface area contributed by atoms with Gasteiger partial charge in [0.05, 0.1) is 16.9 Å². The van der Waals surface area contributed by atoms with E-state index in [1.54, 1.807) is 6.07 Å². The summed E-state index contributed by atoms with van der Waals surface area (Å²) in [7, 11) is 1.88. The summed E-state index contributed by atoms with van der Waals surface area (Å²) in [5, 5.41) is 11.1. The molecule has 3 aromatic rings. The highest BCUT2D eigenvalue weighted by atomic mass is 35.5. The largest absolute Gasteiger partial charge is 0.377 e. The number of fused-ring (bicyclic) bond motifs is 7. The summed E-state index contributed by atoms with van der Waals surface area (Å²) in [5.41, 5.74) is 2.22. The van der Waals surface area contributed by atoms with Gasteiger partial charge in [-0.05, 0) is 12.1 Å². The molecule has 5 rings (SSSR count). The number of nitrogens with zero attached hydrogens (tertiary/aromatic N) is 2. The number of hydrogen-bond acceptors (Lipinski definition) is 3. The van der Waals surface area contributed by atoms with Gasteiger partial charge in [0, 0.05) is 23.5 Å². The van der Waals surface area contributed by atoms with Gasteiger partial charge in [0.2, 0.25) is 0 Å². The van der Waals surface area contributed by atoms with Crippen molar-refractivity contribution in [3.8, 4) is 0 Å². The number of para-hydroxylation sites is 2. The van der Waals surface area contributed by atoms with E-state index in [4.69, 9.17) is 11.6 Å². The van der Waals surface area contributed by atoms with Gasteiger partial charge in [-0.25, -0.2) is 4.99 Å². The molecular weight excluding hydrogens is 324 g/mol. The van der Waals surface area contributed by atoms with Crippen LogP contribution in [0.5, 0.6) is 0 Å². The van der Waals surface area contributed by atoms with Gasteiger partial charge < -0.3 is 9.67 Å². The van der Waals surface area contributed by atoms with Crippen molar-refractivity contribution in [2.45, 2.75) is 11.0 Å². The van der Waals surface area contributed by atoms with Gasteiger partial charge in [-0.1, -0.05) is 36.4 Å². The fraction of sp³-hybridized carbons (Fsp3) is 0.158. The summed E-state index contributed by atoms with van der Waals surface area (Å²) in [6.45, 7) is 0. The van der Waals surface area contributed by atoms with Crippen molar-refractivity contribution in [2.75, 3.05) is 0 Å². The quantitative estimate of drug-likeness (QED) is 0.640. The predicted octanol–water partition coefficient (Wildman–Crippen LogP) is 3.30. The summed E-state index contributed by atoms with van der Waals surface area (Å²) in [6, 6.07) is 15.0. The highest BCUT2D eigenvalue weighted by Gasteiger charge is 2.56. The SMILES string of the molecule is Cn1c2c(c3ccccc31)C(=O)[C@@H](Cl)[C@@]1(O)C2=Nc2ccccc21. The zero-order valence-corrected chi connectivity index (χ0v) is 13.6. The second-order valence-corrected chi connectivity index (χ2v) is 6.71. The Morgan fingerprint density at radius 1 is 1.17 bits per heavy atom. The lowest BCUT2D eigenvalue weighted by Gasteiger charge is -2.34. The van der Waals surface area contributed by atoms with Crippen molar-refractivity contribution < 1.29 is 9.90 Å². The number of benzene rings is 2. The zero-order chi connectivity index (χ0) is 16.6. The lowest BCUT2D eigenvalue weighted by Crippen LogP contribution is -2.50. The first-order chi connectivity index (χ1) is 11.5. The van der Waals surface area contributed by atoms with Crippen LogP contribution in [0.3, 0.4) is 0 Å². The smallest absolute Gasteiger partial charge is 0.187 e. The van der Waals surface area contributed by atoms with Gasteiger partial charge in [-0.2, -0.15) is 0 Å². The molecule has 24 heavy (non-hydrogen) atoms. The fourth-order valence-electron chi connectivity index (χ4n) is 3.95. The second-order valence-electron chi connectivity index (χ2n) is 6.27. The molecule has 2 aliphatic rings. The number of aryl methyl sites for hydroxylation is 1. The summed E-state index contributed by atoms with van der Waals surface area (Å²) in [6.07, 6.45) is 0. The van der Waals surface area contributed by atoms with Crippen LogP contribution in [0, 0.1) is 0 Å². The first-order valence-corrected chi connectivity index (χ1v) is 8.16. The van der Waals surface area contributed by atoms with Crippen molar-refractivity contribution in [1.82, 2.24) is 4.57 Å². The molecule has 2 aromatic carbocycles. The molecule has 5 heteroatoms. The van der Waals surface area contributed by atoms with Crippen LogP contribution in [0.25, 0.3) is 10.9 Å². The van der Waals surface area contributed by atoms with Crippen molar-refractivity contribution in [3.63, 3.8) is 0 Å². The maximum absolute atomic E-state index is 13.0. The predicted molar refractivity (Wildman–Crippen MR) is 93.4 cm³/mol. The number of Topliss-reactive ketones (excluding diaryl/α,β-unsaturated/α-hetero) is 1. The van der Waals surface area contributed by atoms with Crippen LogP contribution in [-0.4, -0.2) is 26.5 Å². The molecule has 1 N–H and O–H groups in total. The number of alkyl halides is 1. The van der Waals surface area contributed by atoms with E-state index in [-0.39, 0.29) is 5.78 Å². The summed E-state index contributed by atoms with van der Waals surface area (Å²) < 4.78 is 1.92. The first-order valence-electron chi connectivity index (χ1n) is 7.72. The van der Waals surface area contributed by atoms with E-state index < -0.39 is 11.0 Å². The minimum atomic E-state index is -1.59. The van der Waals surface area contributed by atoms with Crippen LogP contribution in [0.1, 0.15) is 21.6 Å². The number of hydrogen-bond donors (Lipinski definition) is 1. The third-order valence-corrected chi connectivity index (χ3v) is 5.60. The van der Waals surface area contributed by atoms with E-state index in [0.29, 0.717) is 28.2 Å². The molecule has 0 saturated carbocycles. The molecule has 0 spiro atoms. The van der Waals surface area contributed by atoms with Crippen LogP contribution < -0.4 is 0 Å². The average Bonchev–Trinajstić information content (AvgIpc) is 3.07. The fourth-order valence-corrected chi connectivity index (χ4v) is 4.28. The van der Waals surface area contributed by atoms with E-state index in [9.17, 15) is 9.90 Å². The van der Waals surface area contributed by atoms with Crippen molar-refractivity contribution in [3.05, 3.63) is 65.4 Å². The normalized spacial score (nSPS) is 24.5. The monoisotopic (exact) mass is 336 g/mol. The van der Waals surface area contributed by atoms with Crippen molar-refractivity contribution in [2.24, 2.45) is 12.0 Å². The van der Waals surface area contributed by atoms with Gasteiger partial charge in [0.15, 0.2) is 11.4 Å². The molecule has 2 atom stereocenters. The lowest BCUT2D eigenvalue weighted by molar-refractivity contribution is 0.0745. The van der Waals surface area contributed by atoms with E-state index in [1.807, 2.05) is 54.1 Å². The lowest BCUT2D eigenvalue weighted by atomic mass is 9.77.